The number of hydrogen-bond acceptors (Lipinski definition) is 4. The van der Waals surface area contributed by atoms with E-state index < -0.39 is 5.97 Å². The van der Waals surface area contributed by atoms with Crippen molar-refractivity contribution in [3.05, 3.63) is 27.2 Å². The molecule has 1 rings (SSSR count). The van der Waals surface area contributed by atoms with E-state index in [9.17, 15) is 9.59 Å². The molecular formula is C16H19Cl3O4. The maximum absolute atomic E-state index is 11.8. The minimum absolute atomic E-state index is 0.0712. The standard InChI is InChI=1S/C16H19Cl3O4/c1-9(2)10(3)22-15(20)5-4-6-16(21)23-14-8-12(18)11(17)7-13(14)19/h7-10H,4-6H2,1-3H3. The fraction of sp³-hybridized carbons (Fsp3) is 0.500. The molecule has 128 valence electrons. The number of esters is 2. The molecule has 0 spiro atoms. The third-order valence-corrected chi connectivity index (χ3v) is 4.23. The fourth-order valence-electron chi connectivity index (χ4n) is 1.54. The number of carbonyl (C=O) groups is 2. The first-order chi connectivity index (χ1) is 10.7. The Bertz CT molecular complexity index is 573. The maximum atomic E-state index is 11.8. The van der Waals surface area contributed by atoms with Gasteiger partial charge in [-0.1, -0.05) is 48.7 Å². The third kappa shape index (κ3) is 6.98. The summed E-state index contributed by atoms with van der Waals surface area (Å²) < 4.78 is 10.3. The van der Waals surface area contributed by atoms with Crippen LogP contribution in [0.1, 0.15) is 40.0 Å². The van der Waals surface area contributed by atoms with Gasteiger partial charge in [-0.05, 0) is 25.3 Å². The highest BCUT2D eigenvalue weighted by molar-refractivity contribution is 6.43. The van der Waals surface area contributed by atoms with Crippen molar-refractivity contribution in [1.82, 2.24) is 0 Å². The zero-order chi connectivity index (χ0) is 17.6. The molecular weight excluding hydrogens is 363 g/mol. The number of halogens is 3. The molecule has 0 fully saturated rings. The summed E-state index contributed by atoms with van der Waals surface area (Å²) in [5.41, 5.74) is 0. The molecule has 1 aromatic carbocycles. The molecule has 0 heterocycles. The normalized spacial score (nSPS) is 12.1. The molecule has 4 nitrogen and oxygen atoms in total. The van der Waals surface area contributed by atoms with E-state index in [-0.39, 0.29) is 51.7 Å². The summed E-state index contributed by atoms with van der Waals surface area (Å²) >= 11 is 17.6. The summed E-state index contributed by atoms with van der Waals surface area (Å²) in [7, 11) is 0. The van der Waals surface area contributed by atoms with Crippen molar-refractivity contribution in [2.75, 3.05) is 0 Å². The summed E-state index contributed by atoms with van der Waals surface area (Å²) in [4.78, 5) is 23.4. The lowest BCUT2D eigenvalue weighted by atomic mass is 10.1. The van der Waals surface area contributed by atoms with Crippen molar-refractivity contribution in [3.63, 3.8) is 0 Å². The van der Waals surface area contributed by atoms with Crippen molar-refractivity contribution >= 4 is 46.7 Å². The van der Waals surface area contributed by atoms with Crippen LogP contribution in [0.25, 0.3) is 0 Å². The van der Waals surface area contributed by atoms with Crippen LogP contribution < -0.4 is 4.74 Å². The van der Waals surface area contributed by atoms with Gasteiger partial charge in [-0.2, -0.15) is 0 Å². The van der Waals surface area contributed by atoms with Gasteiger partial charge in [0, 0.05) is 18.9 Å². The van der Waals surface area contributed by atoms with Crippen molar-refractivity contribution in [2.45, 2.75) is 46.1 Å². The second-order valence-electron chi connectivity index (χ2n) is 5.46. The monoisotopic (exact) mass is 380 g/mol. The van der Waals surface area contributed by atoms with Crippen LogP contribution in [-0.2, 0) is 14.3 Å². The minimum Gasteiger partial charge on any atom is -0.462 e. The van der Waals surface area contributed by atoms with Crippen LogP contribution in [0.4, 0.5) is 0 Å². The van der Waals surface area contributed by atoms with E-state index in [0.717, 1.165) is 0 Å². The smallest absolute Gasteiger partial charge is 0.311 e. The average molecular weight is 382 g/mol. The van der Waals surface area contributed by atoms with Gasteiger partial charge in [-0.3, -0.25) is 9.59 Å². The quantitative estimate of drug-likeness (QED) is 0.365. The summed E-state index contributed by atoms with van der Waals surface area (Å²) in [5, 5.41) is 0.710. The molecule has 23 heavy (non-hydrogen) atoms. The molecule has 0 aliphatic rings. The van der Waals surface area contributed by atoms with Crippen LogP contribution in [0, 0.1) is 5.92 Å². The highest BCUT2D eigenvalue weighted by Gasteiger charge is 2.15. The molecule has 1 unspecified atom stereocenters. The number of carbonyl (C=O) groups excluding carboxylic acids is 2. The van der Waals surface area contributed by atoms with Gasteiger partial charge in [-0.25, -0.2) is 0 Å². The van der Waals surface area contributed by atoms with Crippen molar-refractivity contribution in [2.24, 2.45) is 5.92 Å². The van der Waals surface area contributed by atoms with Crippen LogP contribution in [0.15, 0.2) is 12.1 Å². The Morgan fingerprint density at radius 3 is 2.13 bits per heavy atom. The Balaban J connectivity index is 2.41. The molecule has 0 saturated carbocycles. The molecule has 0 radical (unpaired) electrons. The Hall–Kier alpha value is -0.970. The van der Waals surface area contributed by atoms with Crippen molar-refractivity contribution in [3.8, 4) is 5.75 Å². The summed E-state index contributed by atoms with van der Waals surface area (Å²) in [6.07, 6.45) is 0.411. The summed E-state index contributed by atoms with van der Waals surface area (Å²) in [5.74, 6) is -0.440. The minimum atomic E-state index is -0.505. The van der Waals surface area contributed by atoms with Crippen LogP contribution >= 0.6 is 34.8 Å². The second-order valence-corrected chi connectivity index (χ2v) is 6.68. The highest BCUT2D eigenvalue weighted by atomic mass is 35.5. The first-order valence-corrected chi connectivity index (χ1v) is 8.38. The molecule has 0 bridgehead atoms. The van der Waals surface area contributed by atoms with Crippen molar-refractivity contribution < 1.29 is 19.1 Å². The van der Waals surface area contributed by atoms with E-state index in [4.69, 9.17) is 44.3 Å². The number of ether oxygens (including phenoxy) is 2. The van der Waals surface area contributed by atoms with Crippen molar-refractivity contribution in [1.29, 1.82) is 0 Å². The van der Waals surface area contributed by atoms with Gasteiger partial charge in [0.2, 0.25) is 0 Å². The summed E-state index contributed by atoms with van der Waals surface area (Å²) in [6.45, 7) is 5.77. The van der Waals surface area contributed by atoms with Crippen LogP contribution in [-0.4, -0.2) is 18.0 Å². The lowest BCUT2D eigenvalue weighted by Crippen LogP contribution is -2.20. The number of hydrogen-bond donors (Lipinski definition) is 0. The number of rotatable bonds is 7. The van der Waals surface area contributed by atoms with Crippen LogP contribution in [0.2, 0.25) is 15.1 Å². The Morgan fingerprint density at radius 1 is 0.957 bits per heavy atom. The van der Waals surface area contributed by atoms with Gasteiger partial charge in [0.1, 0.15) is 6.10 Å². The molecule has 0 aliphatic carbocycles. The van der Waals surface area contributed by atoms with Crippen LogP contribution in [0.5, 0.6) is 5.75 Å². The predicted octanol–water partition coefficient (Wildman–Crippen LogP) is 5.31. The molecule has 0 N–H and O–H groups in total. The van der Waals surface area contributed by atoms with E-state index in [1.165, 1.54) is 12.1 Å². The Kier molecular flexibility index (Phi) is 8.17. The molecule has 1 atom stereocenters. The van der Waals surface area contributed by atoms with Gasteiger partial charge < -0.3 is 9.47 Å². The van der Waals surface area contributed by atoms with Gasteiger partial charge >= 0.3 is 11.9 Å². The summed E-state index contributed by atoms with van der Waals surface area (Å²) in [6, 6.07) is 2.78. The van der Waals surface area contributed by atoms with E-state index in [1.54, 1.807) is 0 Å². The maximum Gasteiger partial charge on any atom is 0.311 e. The topological polar surface area (TPSA) is 52.6 Å². The molecule has 0 aromatic heterocycles. The second kappa shape index (κ2) is 9.36. The zero-order valence-electron chi connectivity index (χ0n) is 13.2. The van der Waals surface area contributed by atoms with E-state index in [1.807, 2.05) is 20.8 Å². The highest BCUT2D eigenvalue weighted by Crippen LogP contribution is 2.34. The molecule has 1 aromatic rings. The predicted molar refractivity (Wildman–Crippen MR) is 91.4 cm³/mol. The Morgan fingerprint density at radius 2 is 1.52 bits per heavy atom. The number of benzene rings is 1. The van der Waals surface area contributed by atoms with Gasteiger partial charge in [-0.15, -0.1) is 0 Å². The third-order valence-electron chi connectivity index (χ3n) is 3.22. The zero-order valence-corrected chi connectivity index (χ0v) is 15.5. The van der Waals surface area contributed by atoms with E-state index in [0.29, 0.717) is 6.42 Å². The largest absolute Gasteiger partial charge is 0.462 e. The van der Waals surface area contributed by atoms with E-state index >= 15 is 0 Å². The van der Waals surface area contributed by atoms with Gasteiger partial charge in [0.15, 0.2) is 5.75 Å². The first kappa shape index (κ1) is 20.1. The first-order valence-electron chi connectivity index (χ1n) is 7.25. The SMILES string of the molecule is CC(C)C(C)OC(=O)CCCC(=O)Oc1cc(Cl)c(Cl)cc1Cl. The lowest BCUT2D eigenvalue weighted by molar-refractivity contribution is -0.150. The molecule has 7 heteroatoms. The molecule has 0 aliphatic heterocycles. The van der Waals surface area contributed by atoms with E-state index in [2.05, 4.69) is 0 Å². The molecule has 0 amide bonds. The molecule has 0 saturated heterocycles. The average Bonchev–Trinajstić information content (AvgIpc) is 2.44. The van der Waals surface area contributed by atoms with Crippen LogP contribution in [0.3, 0.4) is 0 Å². The Labute approximate surface area is 151 Å². The lowest BCUT2D eigenvalue weighted by Gasteiger charge is -2.16. The fourth-order valence-corrected chi connectivity index (χ4v) is 2.11. The van der Waals surface area contributed by atoms with Gasteiger partial charge in [0.25, 0.3) is 0 Å². The van der Waals surface area contributed by atoms with Gasteiger partial charge in [0.05, 0.1) is 15.1 Å².